The van der Waals surface area contributed by atoms with Crippen molar-refractivity contribution in [2.75, 3.05) is 29.6 Å². The summed E-state index contributed by atoms with van der Waals surface area (Å²) in [5, 5.41) is 9.53. The summed E-state index contributed by atoms with van der Waals surface area (Å²) in [6.45, 7) is 8.07. The van der Waals surface area contributed by atoms with Gasteiger partial charge in [0.1, 0.15) is 10.8 Å². The second-order valence-corrected chi connectivity index (χ2v) is 12.4. The number of sulfone groups is 1. The summed E-state index contributed by atoms with van der Waals surface area (Å²) in [6.07, 6.45) is 3.55. The molecule has 1 saturated carbocycles. The van der Waals surface area contributed by atoms with Crippen LogP contribution in [0.2, 0.25) is 0 Å². The van der Waals surface area contributed by atoms with Gasteiger partial charge in [-0.05, 0) is 81.2 Å². The zero-order chi connectivity index (χ0) is 24.0. The maximum Gasteiger partial charge on any atom is 0.322 e. The Morgan fingerprint density at radius 1 is 1.18 bits per heavy atom. The van der Waals surface area contributed by atoms with Gasteiger partial charge in [-0.15, -0.1) is 5.10 Å². The first-order valence-corrected chi connectivity index (χ1v) is 14.2. The minimum Gasteiger partial charge on any atom is -0.424 e. The molecule has 3 heterocycles. The van der Waals surface area contributed by atoms with Crippen LogP contribution >= 0.6 is 11.5 Å². The molecular formula is C23H30N6O3S2. The summed E-state index contributed by atoms with van der Waals surface area (Å²) in [7, 11) is -3.33. The third kappa shape index (κ3) is 4.63. The predicted octanol–water partition coefficient (Wildman–Crippen LogP) is 4.15. The number of fused-ring (bicyclic) bond motifs is 2. The number of hydrogen-bond donors (Lipinski definition) is 1. The van der Waals surface area contributed by atoms with Crippen molar-refractivity contribution in [3.8, 4) is 11.8 Å². The number of hydrogen-bond acceptors (Lipinski definition) is 9. The van der Waals surface area contributed by atoms with Crippen molar-refractivity contribution in [2.24, 2.45) is 11.8 Å². The third-order valence-electron chi connectivity index (χ3n) is 6.59. The second-order valence-electron chi connectivity index (χ2n) is 9.58. The monoisotopic (exact) mass is 502 g/mol. The van der Waals surface area contributed by atoms with Crippen LogP contribution in [0.3, 0.4) is 0 Å². The first kappa shape index (κ1) is 23.1. The van der Waals surface area contributed by atoms with Crippen molar-refractivity contribution in [1.29, 1.82) is 0 Å². The summed E-state index contributed by atoms with van der Waals surface area (Å²) in [5.74, 6) is 2.00. The quantitative estimate of drug-likeness (QED) is 0.514. The van der Waals surface area contributed by atoms with E-state index in [1.807, 2.05) is 20.8 Å². The lowest BCUT2D eigenvalue weighted by Gasteiger charge is -2.38. The van der Waals surface area contributed by atoms with Gasteiger partial charge in [0.25, 0.3) is 0 Å². The molecule has 5 rings (SSSR count). The maximum absolute atomic E-state index is 11.9. The molecule has 1 saturated heterocycles. The van der Waals surface area contributed by atoms with Gasteiger partial charge < -0.3 is 15.0 Å². The number of anilines is 2. The molecule has 1 aromatic carbocycles. The lowest BCUT2D eigenvalue weighted by Crippen LogP contribution is -2.48. The zero-order valence-corrected chi connectivity index (χ0v) is 21.4. The van der Waals surface area contributed by atoms with Gasteiger partial charge in [0.15, 0.2) is 9.84 Å². The summed E-state index contributed by atoms with van der Waals surface area (Å²) >= 11 is 1.58. The van der Waals surface area contributed by atoms with E-state index in [9.17, 15) is 8.42 Å². The molecule has 1 N–H and O–H groups in total. The van der Waals surface area contributed by atoms with Crippen molar-refractivity contribution < 1.29 is 13.2 Å². The van der Waals surface area contributed by atoms with E-state index in [0.29, 0.717) is 35.6 Å². The zero-order valence-electron chi connectivity index (χ0n) is 19.8. The number of piperidine rings is 1. The average molecular weight is 503 g/mol. The number of benzene rings is 1. The first-order valence-electron chi connectivity index (χ1n) is 11.6. The van der Waals surface area contributed by atoms with Gasteiger partial charge in [0.05, 0.1) is 16.6 Å². The van der Waals surface area contributed by atoms with Crippen molar-refractivity contribution >= 4 is 32.3 Å². The summed E-state index contributed by atoms with van der Waals surface area (Å²) in [4.78, 5) is 7.31. The van der Waals surface area contributed by atoms with E-state index in [2.05, 4.69) is 30.7 Å². The Balaban J connectivity index is 1.33. The van der Waals surface area contributed by atoms with Crippen LogP contribution < -0.4 is 15.0 Å². The molecule has 3 aromatic rings. The first-order chi connectivity index (χ1) is 16.2. The highest BCUT2D eigenvalue weighted by Gasteiger charge is 2.43. The highest BCUT2D eigenvalue weighted by molar-refractivity contribution is 7.90. The van der Waals surface area contributed by atoms with Crippen LogP contribution in [-0.2, 0) is 9.84 Å². The van der Waals surface area contributed by atoms with Crippen LogP contribution in [0.1, 0.15) is 38.4 Å². The molecule has 2 aromatic heterocycles. The van der Waals surface area contributed by atoms with Crippen molar-refractivity contribution in [3.05, 3.63) is 36.0 Å². The Kier molecular flexibility index (Phi) is 6.01. The molecule has 11 heteroatoms. The van der Waals surface area contributed by atoms with Crippen molar-refractivity contribution in [1.82, 2.24) is 19.1 Å². The number of rotatable bonds is 7. The predicted molar refractivity (Wildman–Crippen MR) is 133 cm³/mol. The van der Waals surface area contributed by atoms with Gasteiger partial charge in [-0.2, -0.15) is 9.36 Å². The number of ether oxygens (including phenoxy) is 1. The van der Waals surface area contributed by atoms with Crippen LogP contribution in [0.15, 0.2) is 35.2 Å². The smallest absolute Gasteiger partial charge is 0.322 e. The molecule has 2 fully saturated rings. The van der Waals surface area contributed by atoms with Gasteiger partial charge in [0, 0.05) is 25.4 Å². The Hall–Kier alpha value is -2.66. The summed E-state index contributed by atoms with van der Waals surface area (Å²) < 4.78 is 36.0. The average Bonchev–Trinajstić information content (AvgIpc) is 3.44. The fourth-order valence-electron chi connectivity index (χ4n) is 4.94. The van der Waals surface area contributed by atoms with Crippen molar-refractivity contribution in [3.63, 3.8) is 0 Å². The van der Waals surface area contributed by atoms with Crippen LogP contribution in [0.25, 0.3) is 0 Å². The van der Waals surface area contributed by atoms with E-state index in [0.717, 1.165) is 18.8 Å². The second kappa shape index (κ2) is 8.84. The molecule has 0 amide bonds. The van der Waals surface area contributed by atoms with Crippen LogP contribution in [-0.4, -0.2) is 52.9 Å². The van der Waals surface area contributed by atoms with Gasteiger partial charge in [-0.25, -0.2) is 13.1 Å². The lowest BCUT2D eigenvalue weighted by atomic mass is 9.92. The fraction of sp³-hybridized carbons (Fsp3) is 0.522. The van der Waals surface area contributed by atoms with E-state index < -0.39 is 9.84 Å². The molecule has 2 bridgehead atoms. The standard InChI is InChI=1S/C23H30N6O3S2/c1-14(2)29-23(32-18-6-5-7-19(11-18)34(4,30)31)25-22(26-29)24-21-16-8-9-17(21)13-28(12-16)20-10-15(3)27-33-20/h5-7,10-11,14,16-17,21H,8-9,12-13H2,1-4H3,(H,24,26)/t16-,17+,21?. The van der Waals surface area contributed by atoms with E-state index in [1.54, 1.807) is 34.4 Å². The van der Waals surface area contributed by atoms with E-state index >= 15 is 0 Å². The van der Waals surface area contributed by atoms with E-state index in [4.69, 9.17) is 4.74 Å². The van der Waals surface area contributed by atoms with Gasteiger partial charge in [0.2, 0.25) is 5.95 Å². The number of nitrogens with zero attached hydrogens (tertiary/aromatic N) is 5. The van der Waals surface area contributed by atoms with Crippen LogP contribution in [0.5, 0.6) is 11.8 Å². The number of nitrogens with one attached hydrogen (secondary N) is 1. The fourth-order valence-corrected chi connectivity index (χ4v) is 6.37. The Labute approximate surface area is 204 Å². The van der Waals surface area contributed by atoms with Crippen LogP contribution in [0, 0.1) is 18.8 Å². The third-order valence-corrected chi connectivity index (χ3v) is 8.64. The van der Waals surface area contributed by atoms with Crippen LogP contribution in [0.4, 0.5) is 10.9 Å². The van der Waals surface area contributed by atoms with Crippen molar-refractivity contribution in [2.45, 2.75) is 50.6 Å². The number of aryl methyl sites for hydroxylation is 1. The Morgan fingerprint density at radius 3 is 2.53 bits per heavy atom. The Morgan fingerprint density at radius 2 is 1.91 bits per heavy atom. The molecule has 182 valence electrons. The SMILES string of the molecule is Cc1cc(N2C[C@H]3CC[C@@H](C2)C3Nc2nc(Oc3cccc(S(C)(=O)=O)c3)n(C(C)C)n2)sn1. The molecule has 0 radical (unpaired) electrons. The molecule has 9 nitrogen and oxygen atoms in total. The highest BCUT2D eigenvalue weighted by atomic mass is 32.2. The topological polar surface area (TPSA) is 102 Å². The van der Waals surface area contributed by atoms with Gasteiger partial charge in [-0.3, -0.25) is 0 Å². The van der Waals surface area contributed by atoms with Gasteiger partial charge >= 0.3 is 6.01 Å². The molecule has 34 heavy (non-hydrogen) atoms. The summed E-state index contributed by atoms with van der Waals surface area (Å²) in [6, 6.07) is 9.31. The maximum atomic E-state index is 11.9. The van der Waals surface area contributed by atoms with E-state index in [1.165, 1.54) is 30.2 Å². The molecule has 2 aliphatic rings. The normalized spacial score (nSPS) is 22.4. The Bertz CT molecular complexity index is 1270. The molecule has 1 unspecified atom stereocenters. The number of aromatic nitrogens is 4. The van der Waals surface area contributed by atoms with Gasteiger partial charge in [-0.1, -0.05) is 6.07 Å². The highest BCUT2D eigenvalue weighted by Crippen LogP contribution is 2.41. The molecular weight excluding hydrogens is 472 g/mol. The minimum absolute atomic E-state index is 0.0317. The largest absolute Gasteiger partial charge is 0.424 e. The summed E-state index contributed by atoms with van der Waals surface area (Å²) in [5.41, 5.74) is 1.07. The molecule has 0 spiro atoms. The molecule has 1 aliphatic carbocycles. The lowest BCUT2D eigenvalue weighted by molar-refractivity contribution is 0.374. The molecule has 1 aliphatic heterocycles. The molecule has 3 atom stereocenters. The van der Waals surface area contributed by atoms with E-state index in [-0.39, 0.29) is 10.9 Å². The minimum atomic E-state index is -3.33.